The minimum absolute atomic E-state index is 0.199. The lowest BCUT2D eigenvalue weighted by Crippen LogP contribution is -1.99. The van der Waals surface area contributed by atoms with Crippen molar-refractivity contribution >= 4 is 0 Å². The van der Waals surface area contributed by atoms with Crippen molar-refractivity contribution in [1.82, 2.24) is 0 Å². The summed E-state index contributed by atoms with van der Waals surface area (Å²) in [7, 11) is 0. The highest BCUT2D eigenvalue weighted by atomic mass is 19.1. The van der Waals surface area contributed by atoms with Crippen LogP contribution in [-0.4, -0.2) is 5.11 Å². The zero-order valence-corrected chi connectivity index (χ0v) is 11.1. The normalized spacial score (nSPS) is 12.2. The van der Waals surface area contributed by atoms with Gasteiger partial charge >= 0.3 is 0 Å². The number of hydrogen-bond donors (Lipinski definition) is 1. The van der Waals surface area contributed by atoms with Gasteiger partial charge in [-0.25, -0.2) is 4.39 Å². The van der Waals surface area contributed by atoms with Crippen LogP contribution in [0.3, 0.4) is 0 Å². The maximum atomic E-state index is 13.7. The number of aliphatic hydroxyl groups excluding tert-OH is 1. The van der Waals surface area contributed by atoms with Crippen LogP contribution in [0.4, 0.5) is 4.39 Å². The molecule has 0 aliphatic carbocycles. The molecule has 0 fully saturated rings. The fraction of sp³-hybridized carbons (Fsp3) is 0.250. The SMILES string of the molecule is Cc1ccc(COc2ccc(C(C)O)cc2F)cc1. The summed E-state index contributed by atoms with van der Waals surface area (Å²) < 4.78 is 19.2. The molecule has 0 heterocycles. The van der Waals surface area contributed by atoms with E-state index < -0.39 is 11.9 Å². The largest absolute Gasteiger partial charge is 0.486 e. The summed E-state index contributed by atoms with van der Waals surface area (Å²) in [5.74, 6) is -0.254. The van der Waals surface area contributed by atoms with Gasteiger partial charge in [0.15, 0.2) is 11.6 Å². The molecule has 1 atom stereocenters. The van der Waals surface area contributed by atoms with E-state index >= 15 is 0 Å². The number of halogens is 1. The molecule has 3 heteroatoms. The average Bonchev–Trinajstić information content (AvgIpc) is 2.39. The molecule has 0 aliphatic rings. The summed E-state index contributed by atoms with van der Waals surface area (Å²) in [6, 6.07) is 12.4. The molecular weight excluding hydrogens is 243 g/mol. The first-order valence-corrected chi connectivity index (χ1v) is 6.22. The monoisotopic (exact) mass is 260 g/mol. The Kier molecular flexibility index (Phi) is 4.17. The first-order valence-electron chi connectivity index (χ1n) is 6.22. The van der Waals surface area contributed by atoms with Gasteiger partial charge in [0.1, 0.15) is 6.61 Å². The quantitative estimate of drug-likeness (QED) is 0.906. The first kappa shape index (κ1) is 13.6. The van der Waals surface area contributed by atoms with Crippen LogP contribution in [-0.2, 0) is 6.61 Å². The fourth-order valence-corrected chi connectivity index (χ4v) is 1.74. The van der Waals surface area contributed by atoms with Crippen LogP contribution in [0.2, 0.25) is 0 Å². The summed E-state index contributed by atoms with van der Waals surface area (Å²) in [6.45, 7) is 3.94. The summed E-state index contributed by atoms with van der Waals surface area (Å²) >= 11 is 0. The Balaban J connectivity index is 2.05. The fourth-order valence-electron chi connectivity index (χ4n) is 1.74. The molecule has 0 saturated heterocycles. The Morgan fingerprint density at radius 2 is 1.84 bits per heavy atom. The summed E-state index contributed by atoms with van der Waals surface area (Å²) in [4.78, 5) is 0. The van der Waals surface area contributed by atoms with Crippen LogP contribution < -0.4 is 4.74 Å². The van der Waals surface area contributed by atoms with Crippen LogP contribution in [0.25, 0.3) is 0 Å². The molecule has 0 aromatic heterocycles. The van der Waals surface area contributed by atoms with Crippen LogP contribution >= 0.6 is 0 Å². The molecule has 0 spiro atoms. The van der Waals surface area contributed by atoms with Crippen molar-refractivity contribution in [2.75, 3.05) is 0 Å². The van der Waals surface area contributed by atoms with Crippen molar-refractivity contribution < 1.29 is 14.2 Å². The highest BCUT2D eigenvalue weighted by molar-refractivity contribution is 5.31. The third-order valence-corrected chi connectivity index (χ3v) is 2.95. The van der Waals surface area contributed by atoms with E-state index in [2.05, 4.69) is 0 Å². The zero-order valence-electron chi connectivity index (χ0n) is 11.1. The maximum absolute atomic E-state index is 13.7. The molecule has 2 nitrogen and oxygen atoms in total. The minimum Gasteiger partial charge on any atom is -0.486 e. The van der Waals surface area contributed by atoms with Gasteiger partial charge in [-0.1, -0.05) is 35.9 Å². The summed E-state index contributed by atoms with van der Waals surface area (Å²) in [5.41, 5.74) is 2.71. The van der Waals surface area contributed by atoms with E-state index in [9.17, 15) is 9.50 Å². The minimum atomic E-state index is -0.680. The van der Waals surface area contributed by atoms with Gasteiger partial charge in [0.25, 0.3) is 0 Å². The van der Waals surface area contributed by atoms with Crippen molar-refractivity contribution in [3.63, 3.8) is 0 Å². The number of ether oxygens (including phenoxy) is 1. The van der Waals surface area contributed by atoms with E-state index in [0.717, 1.165) is 5.56 Å². The van der Waals surface area contributed by atoms with Gasteiger partial charge in [-0.05, 0) is 37.1 Å². The van der Waals surface area contributed by atoms with E-state index in [-0.39, 0.29) is 5.75 Å². The molecule has 2 aromatic rings. The van der Waals surface area contributed by atoms with E-state index in [1.807, 2.05) is 31.2 Å². The molecule has 2 rings (SSSR count). The van der Waals surface area contributed by atoms with Gasteiger partial charge in [0, 0.05) is 0 Å². The average molecular weight is 260 g/mol. The molecule has 0 radical (unpaired) electrons. The Bertz CT molecular complexity index is 547. The maximum Gasteiger partial charge on any atom is 0.165 e. The lowest BCUT2D eigenvalue weighted by atomic mass is 10.1. The first-order chi connectivity index (χ1) is 9.06. The number of aliphatic hydroxyl groups is 1. The summed E-state index contributed by atoms with van der Waals surface area (Å²) in [5, 5.41) is 9.37. The van der Waals surface area contributed by atoms with Crippen LogP contribution in [0, 0.1) is 12.7 Å². The zero-order chi connectivity index (χ0) is 13.8. The van der Waals surface area contributed by atoms with Crippen molar-refractivity contribution in [2.45, 2.75) is 26.6 Å². The van der Waals surface area contributed by atoms with E-state index in [1.165, 1.54) is 11.6 Å². The Morgan fingerprint density at radius 3 is 2.42 bits per heavy atom. The standard InChI is InChI=1S/C16H17FO2/c1-11-3-5-13(6-4-11)10-19-16-8-7-14(12(2)18)9-15(16)17/h3-9,12,18H,10H2,1-2H3. The van der Waals surface area contributed by atoms with E-state index in [4.69, 9.17) is 4.74 Å². The highest BCUT2D eigenvalue weighted by Crippen LogP contribution is 2.22. The molecule has 19 heavy (non-hydrogen) atoms. The third-order valence-electron chi connectivity index (χ3n) is 2.95. The van der Waals surface area contributed by atoms with Gasteiger partial charge in [0.2, 0.25) is 0 Å². The van der Waals surface area contributed by atoms with Gasteiger partial charge < -0.3 is 9.84 Å². The van der Waals surface area contributed by atoms with Crippen molar-refractivity contribution in [3.8, 4) is 5.75 Å². The number of rotatable bonds is 4. The molecule has 100 valence electrons. The number of hydrogen-bond acceptors (Lipinski definition) is 2. The molecule has 0 amide bonds. The van der Waals surface area contributed by atoms with Gasteiger partial charge in [-0.2, -0.15) is 0 Å². The lowest BCUT2D eigenvalue weighted by Gasteiger charge is -2.10. The Labute approximate surface area is 112 Å². The Hall–Kier alpha value is -1.87. The van der Waals surface area contributed by atoms with Crippen LogP contribution in [0.1, 0.15) is 29.7 Å². The van der Waals surface area contributed by atoms with Crippen molar-refractivity contribution in [2.24, 2.45) is 0 Å². The van der Waals surface area contributed by atoms with Crippen LogP contribution in [0.15, 0.2) is 42.5 Å². The molecule has 1 N–H and O–H groups in total. The molecule has 0 saturated carbocycles. The number of aryl methyl sites for hydroxylation is 1. The predicted octanol–water partition coefficient (Wildman–Crippen LogP) is 3.77. The van der Waals surface area contributed by atoms with E-state index in [1.54, 1.807) is 19.1 Å². The molecule has 0 bridgehead atoms. The van der Waals surface area contributed by atoms with Crippen LogP contribution in [0.5, 0.6) is 5.75 Å². The molecular formula is C16H17FO2. The lowest BCUT2D eigenvalue weighted by molar-refractivity contribution is 0.198. The Morgan fingerprint density at radius 1 is 1.16 bits per heavy atom. The second-order valence-corrected chi connectivity index (χ2v) is 4.64. The molecule has 1 unspecified atom stereocenters. The summed E-state index contributed by atoms with van der Waals surface area (Å²) in [6.07, 6.45) is -0.680. The second kappa shape index (κ2) is 5.85. The number of benzene rings is 2. The van der Waals surface area contributed by atoms with Gasteiger partial charge in [-0.3, -0.25) is 0 Å². The third kappa shape index (κ3) is 3.55. The van der Waals surface area contributed by atoms with Crippen molar-refractivity contribution in [1.29, 1.82) is 0 Å². The highest BCUT2D eigenvalue weighted by Gasteiger charge is 2.08. The van der Waals surface area contributed by atoms with Gasteiger partial charge in [0.05, 0.1) is 6.10 Å². The molecule has 2 aromatic carbocycles. The molecule has 0 aliphatic heterocycles. The van der Waals surface area contributed by atoms with E-state index in [0.29, 0.717) is 12.2 Å². The topological polar surface area (TPSA) is 29.5 Å². The van der Waals surface area contributed by atoms with Crippen molar-refractivity contribution in [3.05, 3.63) is 65.0 Å². The predicted molar refractivity (Wildman–Crippen MR) is 72.5 cm³/mol. The second-order valence-electron chi connectivity index (χ2n) is 4.64. The smallest absolute Gasteiger partial charge is 0.165 e. The van der Waals surface area contributed by atoms with Gasteiger partial charge in [-0.15, -0.1) is 0 Å².